The number of aldehydes is 1. The maximum Gasteiger partial charge on any atom is 0.387 e. The molecule has 0 aliphatic carbocycles. The second-order valence-electron chi connectivity index (χ2n) is 10.8. The standard InChI is InChI=1S/C29H42F2NO4S/c1-7-17-32(6,18-11-10-12-21(2)27(34)36-29(3,4)5)22-15-16-25(35-28(30)31)24(19-22)26-14-9-8-13-23(20-33)37-26/h13-16,19-21,28H,7-12,17-18H2,1-6H3/q+1. The van der Waals surface area contributed by atoms with Crippen LogP contribution in [0.15, 0.2) is 35.3 Å². The van der Waals surface area contributed by atoms with Gasteiger partial charge in [0.25, 0.3) is 0 Å². The number of esters is 1. The first-order valence-corrected chi connectivity index (χ1v) is 13.9. The van der Waals surface area contributed by atoms with Crippen LogP contribution in [0.25, 0.3) is 4.91 Å². The van der Waals surface area contributed by atoms with Crippen molar-refractivity contribution in [2.45, 2.75) is 85.4 Å². The van der Waals surface area contributed by atoms with Crippen molar-refractivity contribution >= 4 is 34.6 Å². The number of hydrogen-bond donors (Lipinski definition) is 0. The number of alkyl halides is 2. The summed E-state index contributed by atoms with van der Waals surface area (Å²) in [6.07, 6.45) is 9.58. The van der Waals surface area contributed by atoms with Gasteiger partial charge in [-0.25, -0.2) is 0 Å². The minimum atomic E-state index is -2.94. The Morgan fingerprint density at radius 2 is 1.86 bits per heavy atom. The van der Waals surface area contributed by atoms with Gasteiger partial charge in [0.1, 0.15) is 17.0 Å². The number of unbranched alkanes of at least 4 members (excludes halogenated alkanes) is 1. The average Bonchev–Trinajstić information content (AvgIpc) is 3.06. The molecule has 0 amide bonds. The predicted molar refractivity (Wildman–Crippen MR) is 149 cm³/mol. The van der Waals surface area contributed by atoms with E-state index in [9.17, 15) is 18.4 Å². The smallest absolute Gasteiger partial charge is 0.387 e. The van der Waals surface area contributed by atoms with Crippen molar-refractivity contribution in [1.82, 2.24) is 4.48 Å². The summed E-state index contributed by atoms with van der Waals surface area (Å²) >= 11 is 1.29. The predicted octanol–water partition coefficient (Wildman–Crippen LogP) is 7.73. The molecule has 8 heteroatoms. The van der Waals surface area contributed by atoms with Gasteiger partial charge in [-0.2, -0.15) is 8.78 Å². The quantitative estimate of drug-likeness (QED) is 0.111. The molecule has 2 rings (SSSR count). The Morgan fingerprint density at radius 3 is 2.49 bits per heavy atom. The molecule has 0 N–H and O–H groups in total. The Bertz CT molecular complexity index is 987. The first kappa shape index (κ1) is 31.0. The highest BCUT2D eigenvalue weighted by Gasteiger charge is 2.28. The summed E-state index contributed by atoms with van der Waals surface area (Å²) in [5, 5.41) is 0. The number of nitrogens with zero attached hydrogens (tertiary/aromatic N) is 1. The molecule has 1 aromatic rings. The summed E-state index contributed by atoms with van der Waals surface area (Å²) in [5.41, 5.74) is 1.09. The number of hydrogen-bond acceptors (Lipinski definition) is 5. The molecule has 37 heavy (non-hydrogen) atoms. The van der Waals surface area contributed by atoms with Gasteiger partial charge in [-0.05, 0) is 65.4 Å². The Balaban J connectivity index is 2.24. The van der Waals surface area contributed by atoms with E-state index in [1.54, 1.807) is 6.07 Å². The minimum Gasteiger partial charge on any atom is -0.460 e. The molecule has 1 aliphatic heterocycles. The third kappa shape index (κ3) is 9.89. The van der Waals surface area contributed by atoms with Crippen LogP contribution in [0.5, 0.6) is 5.75 Å². The van der Waals surface area contributed by atoms with E-state index in [0.29, 0.717) is 15.0 Å². The van der Waals surface area contributed by atoms with E-state index in [0.717, 1.165) is 68.5 Å². The van der Waals surface area contributed by atoms with Gasteiger partial charge in [0.2, 0.25) is 0 Å². The Morgan fingerprint density at radius 1 is 1.16 bits per heavy atom. The molecule has 1 heterocycles. The highest BCUT2D eigenvalue weighted by Crippen LogP contribution is 2.42. The van der Waals surface area contributed by atoms with Crippen molar-refractivity contribution in [1.29, 1.82) is 0 Å². The number of allylic oxidation sites excluding steroid dienone is 3. The molecule has 2 atom stereocenters. The molecule has 0 fully saturated rings. The lowest BCUT2D eigenvalue weighted by molar-refractivity contribution is -0.159. The highest BCUT2D eigenvalue weighted by molar-refractivity contribution is 8.12. The van der Waals surface area contributed by atoms with Crippen molar-refractivity contribution in [2.75, 3.05) is 20.1 Å². The topological polar surface area (TPSA) is 52.6 Å². The van der Waals surface area contributed by atoms with Gasteiger partial charge in [-0.3, -0.25) is 14.1 Å². The normalized spacial score (nSPS) is 16.8. The largest absolute Gasteiger partial charge is 0.460 e. The lowest BCUT2D eigenvalue weighted by atomic mass is 10.0. The van der Waals surface area contributed by atoms with E-state index < -0.39 is 12.2 Å². The fourth-order valence-corrected chi connectivity index (χ4v) is 5.40. The van der Waals surface area contributed by atoms with Crippen LogP contribution in [-0.2, 0) is 14.3 Å². The number of ether oxygens (including phenoxy) is 2. The fraction of sp³-hybridized carbons (Fsp3) is 0.586. The third-order valence-electron chi connectivity index (χ3n) is 6.32. The van der Waals surface area contributed by atoms with Crippen LogP contribution < -0.4 is 9.22 Å². The monoisotopic (exact) mass is 538 g/mol. The Hall–Kier alpha value is -2.19. The van der Waals surface area contributed by atoms with Gasteiger partial charge >= 0.3 is 12.6 Å². The van der Waals surface area contributed by atoms with Crippen molar-refractivity contribution < 1.29 is 27.8 Å². The molecule has 1 aromatic carbocycles. The van der Waals surface area contributed by atoms with Crippen molar-refractivity contribution in [3.05, 3.63) is 40.8 Å². The van der Waals surface area contributed by atoms with Crippen molar-refractivity contribution in [3.63, 3.8) is 0 Å². The number of carbonyl (C=O) groups is 2. The van der Waals surface area contributed by atoms with Gasteiger partial charge in [0.15, 0.2) is 6.29 Å². The summed E-state index contributed by atoms with van der Waals surface area (Å²) in [5.74, 6) is -0.227. The Kier molecular flexibility index (Phi) is 11.8. The van der Waals surface area contributed by atoms with Crippen LogP contribution in [0.4, 0.5) is 14.5 Å². The zero-order chi connectivity index (χ0) is 27.6. The maximum atomic E-state index is 13.2. The number of benzene rings is 1. The molecular weight excluding hydrogens is 496 g/mol. The van der Waals surface area contributed by atoms with Crippen LogP contribution in [0, 0.1) is 5.92 Å². The molecule has 0 saturated carbocycles. The van der Waals surface area contributed by atoms with Crippen LogP contribution in [0.3, 0.4) is 0 Å². The molecule has 1 aliphatic rings. The third-order valence-corrected chi connectivity index (χ3v) is 7.42. The second-order valence-corrected chi connectivity index (χ2v) is 11.9. The maximum absolute atomic E-state index is 13.2. The van der Waals surface area contributed by atoms with Gasteiger partial charge in [-0.1, -0.05) is 37.8 Å². The lowest BCUT2D eigenvalue weighted by Gasteiger charge is -2.35. The molecule has 0 saturated heterocycles. The summed E-state index contributed by atoms with van der Waals surface area (Å²) in [4.78, 5) is 25.1. The first-order valence-electron chi connectivity index (χ1n) is 13.1. The summed E-state index contributed by atoms with van der Waals surface area (Å²) in [6, 6.07) is 5.41. The highest BCUT2D eigenvalue weighted by atomic mass is 32.2. The van der Waals surface area contributed by atoms with E-state index in [2.05, 4.69) is 14.0 Å². The number of quaternary nitrogens is 1. The van der Waals surface area contributed by atoms with Crippen LogP contribution in [0.1, 0.15) is 78.7 Å². The average molecular weight is 539 g/mol. The Labute approximate surface area is 224 Å². The number of thioether (sulfide) groups is 1. The van der Waals surface area contributed by atoms with Gasteiger partial charge in [0.05, 0.1) is 26.1 Å². The molecule has 0 bridgehead atoms. The number of halogens is 2. The lowest BCUT2D eigenvalue weighted by Crippen LogP contribution is -2.46. The van der Waals surface area contributed by atoms with E-state index in [1.807, 2.05) is 52.0 Å². The molecular formula is C29H42F2NO4S+. The molecule has 0 aromatic heterocycles. The van der Waals surface area contributed by atoms with E-state index in [4.69, 9.17) is 9.47 Å². The van der Waals surface area contributed by atoms with E-state index >= 15 is 0 Å². The zero-order valence-electron chi connectivity index (χ0n) is 23.0. The van der Waals surface area contributed by atoms with Crippen molar-refractivity contribution in [2.24, 2.45) is 5.92 Å². The van der Waals surface area contributed by atoms with Gasteiger partial charge in [0, 0.05) is 27.5 Å². The first-order chi connectivity index (χ1) is 17.4. The SMILES string of the molecule is CCC[N+](C)(CCCCC(C)C(=O)OC(C)(C)C)c1ccc(OC(F)F)c(C2=CCCC=C(C=O)S2)c1. The summed E-state index contributed by atoms with van der Waals surface area (Å²) in [6.45, 7) is 8.43. The molecule has 206 valence electrons. The number of carbonyl (C=O) groups excluding carboxylic acids is 2. The minimum absolute atomic E-state index is 0.110. The zero-order valence-corrected chi connectivity index (χ0v) is 23.8. The van der Waals surface area contributed by atoms with E-state index in [1.165, 1.54) is 11.8 Å². The van der Waals surface area contributed by atoms with Crippen LogP contribution in [-0.4, -0.2) is 44.6 Å². The summed E-state index contributed by atoms with van der Waals surface area (Å²) < 4.78 is 37.4. The number of rotatable bonds is 13. The van der Waals surface area contributed by atoms with Crippen LogP contribution in [0.2, 0.25) is 0 Å². The fourth-order valence-electron chi connectivity index (χ4n) is 4.43. The summed E-state index contributed by atoms with van der Waals surface area (Å²) in [7, 11) is 2.15. The second kappa shape index (κ2) is 14.1. The molecule has 0 radical (unpaired) electrons. The molecule has 5 nitrogen and oxygen atoms in total. The van der Waals surface area contributed by atoms with E-state index in [-0.39, 0.29) is 17.6 Å². The molecule has 0 spiro atoms. The van der Waals surface area contributed by atoms with Crippen LogP contribution >= 0.6 is 11.8 Å². The van der Waals surface area contributed by atoms with Crippen molar-refractivity contribution in [3.8, 4) is 5.75 Å². The van der Waals surface area contributed by atoms with Gasteiger partial charge < -0.3 is 9.47 Å². The molecule has 2 unspecified atom stereocenters. The van der Waals surface area contributed by atoms with Gasteiger partial charge in [-0.15, -0.1) is 0 Å².